The molecule has 1 atom stereocenters. The molecule has 0 aliphatic carbocycles. The highest BCUT2D eigenvalue weighted by molar-refractivity contribution is 9.11. The van der Waals surface area contributed by atoms with Crippen LogP contribution in [0.1, 0.15) is 32.8 Å². The van der Waals surface area contributed by atoms with Crippen LogP contribution in [0.3, 0.4) is 0 Å². The van der Waals surface area contributed by atoms with Crippen LogP contribution < -0.4 is 5.73 Å². The first-order valence-corrected chi connectivity index (χ1v) is 7.63. The van der Waals surface area contributed by atoms with Gasteiger partial charge in [0.2, 0.25) is 0 Å². The van der Waals surface area contributed by atoms with E-state index in [4.69, 9.17) is 5.73 Å². The van der Waals surface area contributed by atoms with Crippen LogP contribution in [0.4, 0.5) is 0 Å². The van der Waals surface area contributed by atoms with E-state index in [1.165, 1.54) is 9.35 Å². The second-order valence-corrected chi connectivity index (χ2v) is 8.05. The molecule has 1 heterocycles. The van der Waals surface area contributed by atoms with Crippen molar-refractivity contribution in [1.29, 1.82) is 0 Å². The predicted molar refractivity (Wildman–Crippen MR) is 80.4 cm³/mol. The monoisotopic (exact) mass is 318 g/mol. The molecule has 1 aromatic heterocycles. The van der Waals surface area contributed by atoms with Gasteiger partial charge in [-0.3, -0.25) is 0 Å². The van der Waals surface area contributed by atoms with E-state index < -0.39 is 0 Å². The predicted octanol–water partition coefficient (Wildman–Crippen LogP) is 3.71. The summed E-state index contributed by atoms with van der Waals surface area (Å²) in [6.07, 6.45) is 1.05. The zero-order chi connectivity index (χ0) is 13.1. The van der Waals surface area contributed by atoms with Crippen molar-refractivity contribution in [2.75, 3.05) is 13.6 Å². The van der Waals surface area contributed by atoms with Gasteiger partial charge in [0.25, 0.3) is 0 Å². The van der Waals surface area contributed by atoms with Gasteiger partial charge in [0.15, 0.2) is 0 Å². The van der Waals surface area contributed by atoms with Crippen molar-refractivity contribution in [3.05, 3.63) is 20.8 Å². The van der Waals surface area contributed by atoms with E-state index in [2.05, 4.69) is 60.1 Å². The van der Waals surface area contributed by atoms with Crippen LogP contribution in [0.15, 0.2) is 15.2 Å². The Morgan fingerprint density at radius 3 is 2.59 bits per heavy atom. The van der Waals surface area contributed by atoms with Crippen LogP contribution >= 0.6 is 27.3 Å². The van der Waals surface area contributed by atoms with Crippen LogP contribution in [0, 0.1) is 5.41 Å². The van der Waals surface area contributed by atoms with Gasteiger partial charge in [0.05, 0.1) is 3.79 Å². The standard InChI is InChI=1S/C13H23BrN2S/c1-13(2,3)11(15)5-6-16(4)8-10-7-12(14)17-9-10/h7,9,11H,5-6,8,15H2,1-4H3. The number of thiophene rings is 1. The Hall–Kier alpha value is 0.100. The van der Waals surface area contributed by atoms with Crippen LogP contribution in [0.2, 0.25) is 0 Å². The summed E-state index contributed by atoms with van der Waals surface area (Å²) >= 11 is 5.23. The maximum Gasteiger partial charge on any atom is 0.0701 e. The average molecular weight is 319 g/mol. The average Bonchev–Trinajstić information content (AvgIpc) is 2.58. The molecule has 0 amide bonds. The summed E-state index contributed by atoms with van der Waals surface area (Å²) in [7, 11) is 2.15. The van der Waals surface area contributed by atoms with E-state index in [-0.39, 0.29) is 11.5 Å². The van der Waals surface area contributed by atoms with Crippen molar-refractivity contribution in [2.24, 2.45) is 11.1 Å². The van der Waals surface area contributed by atoms with Crippen molar-refractivity contribution < 1.29 is 0 Å². The van der Waals surface area contributed by atoms with Gasteiger partial charge in [0, 0.05) is 12.6 Å². The lowest BCUT2D eigenvalue weighted by atomic mass is 9.85. The Labute approximate surface area is 117 Å². The zero-order valence-electron chi connectivity index (χ0n) is 11.2. The molecule has 4 heteroatoms. The largest absolute Gasteiger partial charge is 0.327 e. The third-order valence-corrected chi connectivity index (χ3v) is 4.56. The van der Waals surface area contributed by atoms with E-state index in [1.54, 1.807) is 11.3 Å². The Morgan fingerprint density at radius 2 is 2.12 bits per heavy atom. The topological polar surface area (TPSA) is 29.3 Å². The molecule has 0 radical (unpaired) electrons. The molecule has 1 rings (SSSR count). The van der Waals surface area contributed by atoms with Crippen molar-refractivity contribution in [1.82, 2.24) is 4.90 Å². The fourth-order valence-corrected chi connectivity index (χ4v) is 2.81. The highest BCUT2D eigenvalue weighted by Crippen LogP contribution is 2.22. The van der Waals surface area contributed by atoms with E-state index in [9.17, 15) is 0 Å². The molecule has 1 unspecified atom stereocenters. The summed E-state index contributed by atoms with van der Waals surface area (Å²) in [5, 5.41) is 2.20. The summed E-state index contributed by atoms with van der Waals surface area (Å²) < 4.78 is 1.20. The molecule has 0 spiro atoms. The van der Waals surface area contributed by atoms with Gasteiger partial charge in [-0.25, -0.2) is 0 Å². The lowest BCUT2D eigenvalue weighted by molar-refractivity contribution is 0.251. The number of hydrogen-bond acceptors (Lipinski definition) is 3. The maximum absolute atomic E-state index is 6.16. The quantitative estimate of drug-likeness (QED) is 0.896. The molecule has 1 aromatic rings. The molecule has 0 aliphatic heterocycles. The molecule has 0 aliphatic rings. The molecule has 0 aromatic carbocycles. The molecule has 0 saturated carbocycles. The minimum Gasteiger partial charge on any atom is -0.327 e. The van der Waals surface area contributed by atoms with Crippen molar-refractivity contribution >= 4 is 27.3 Å². The van der Waals surface area contributed by atoms with Gasteiger partial charge < -0.3 is 10.6 Å². The maximum atomic E-state index is 6.16. The van der Waals surface area contributed by atoms with Gasteiger partial charge in [-0.05, 0) is 58.4 Å². The first-order chi connectivity index (χ1) is 7.79. The van der Waals surface area contributed by atoms with E-state index in [0.717, 1.165) is 19.5 Å². The third kappa shape index (κ3) is 5.51. The highest BCUT2D eigenvalue weighted by Gasteiger charge is 2.20. The van der Waals surface area contributed by atoms with Gasteiger partial charge >= 0.3 is 0 Å². The Morgan fingerprint density at radius 1 is 1.47 bits per heavy atom. The number of halogens is 1. The number of rotatable bonds is 5. The number of hydrogen-bond donors (Lipinski definition) is 1. The summed E-state index contributed by atoms with van der Waals surface area (Å²) in [6, 6.07) is 2.45. The van der Waals surface area contributed by atoms with Crippen LogP contribution in [-0.2, 0) is 6.54 Å². The molecular formula is C13H23BrN2S. The van der Waals surface area contributed by atoms with Gasteiger partial charge in [-0.2, -0.15) is 0 Å². The summed E-state index contributed by atoms with van der Waals surface area (Å²) in [4.78, 5) is 2.33. The normalized spacial score (nSPS) is 14.3. The molecule has 17 heavy (non-hydrogen) atoms. The SMILES string of the molecule is CN(CCC(N)C(C)(C)C)Cc1csc(Br)c1. The van der Waals surface area contributed by atoms with E-state index in [0.29, 0.717) is 0 Å². The molecule has 0 fully saturated rings. The Kier molecular flexibility index (Phi) is 5.64. The lowest BCUT2D eigenvalue weighted by Gasteiger charge is -2.28. The second-order valence-electron chi connectivity index (χ2n) is 5.76. The molecule has 2 N–H and O–H groups in total. The van der Waals surface area contributed by atoms with Crippen LogP contribution in [0.25, 0.3) is 0 Å². The fraction of sp³-hybridized carbons (Fsp3) is 0.692. The first-order valence-electron chi connectivity index (χ1n) is 5.96. The molecular weight excluding hydrogens is 296 g/mol. The molecule has 2 nitrogen and oxygen atoms in total. The lowest BCUT2D eigenvalue weighted by Crippen LogP contribution is -2.37. The first kappa shape index (κ1) is 15.2. The van der Waals surface area contributed by atoms with Crippen LogP contribution in [-0.4, -0.2) is 24.5 Å². The van der Waals surface area contributed by atoms with Gasteiger partial charge in [-0.1, -0.05) is 20.8 Å². The number of nitrogens with two attached hydrogens (primary N) is 1. The van der Waals surface area contributed by atoms with Crippen molar-refractivity contribution in [3.63, 3.8) is 0 Å². The van der Waals surface area contributed by atoms with E-state index >= 15 is 0 Å². The minimum absolute atomic E-state index is 0.201. The second kappa shape index (κ2) is 6.32. The fourth-order valence-electron chi connectivity index (χ4n) is 1.61. The molecule has 0 bridgehead atoms. The van der Waals surface area contributed by atoms with Crippen LogP contribution in [0.5, 0.6) is 0 Å². The Bertz CT molecular complexity index is 343. The third-order valence-electron chi connectivity index (χ3n) is 3.01. The summed E-state index contributed by atoms with van der Waals surface area (Å²) in [5.74, 6) is 0. The van der Waals surface area contributed by atoms with Gasteiger partial charge in [-0.15, -0.1) is 11.3 Å². The van der Waals surface area contributed by atoms with Crippen molar-refractivity contribution in [3.8, 4) is 0 Å². The highest BCUT2D eigenvalue weighted by atomic mass is 79.9. The van der Waals surface area contributed by atoms with Gasteiger partial charge in [0.1, 0.15) is 0 Å². The zero-order valence-corrected chi connectivity index (χ0v) is 13.6. The Balaban J connectivity index is 2.33. The molecule has 98 valence electrons. The summed E-state index contributed by atoms with van der Waals surface area (Å²) in [6.45, 7) is 8.65. The van der Waals surface area contributed by atoms with E-state index in [1.807, 2.05) is 0 Å². The smallest absolute Gasteiger partial charge is 0.0701 e. The molecule has 0 saturated heterocycles. The minimum atomic E-state index is 0.201. The van der Waals surface area contributed by atoms with Crippen molar-refractivity contribution in [2.45, 2.75) is 39.8 Å². The summed E-state index contributed by atoms with van der Waals surface area (Å²) in [5.41, 5.74) is 7.73. The number of nitrogens with zero attached hydrogens (tertiary/aromatic N) is 1.